The van der Waals surface area contributed by atoms with Crippen LogP contribution in [0.1, 0.15) is 12.2 Å². The van der Waals surface area contributed by atoms with E-state index in [1.54, 1.807) is 25.1 Å². The van der Waals surface area contributed by atoms with Crippen molar-refractivity contribution in [3.8, 4) is 0 Å². The first kappa shape index (κ1) is 15.3. The molecule has 2 aromatic rings. The summed E-state index contributed by atoms with van der Waals surface area (Å²) in [7, 11) is 0. The highest BCUT2D eigenvalue weighted by atomic mass is 35.5. The Morgan fingerprint density at radius 2 is 1.90 bits per heavy atom. The Bertz CT molecular complexity index is 685. The van der Waals surface area contributed by atoms with E-state index in [0.717, 1.165) is 0 Å². The third kappa shape index (κ3) is 4.47. The Morgan fingerprint density at radius 1 is 1.19 bits per heavy atom. The molecule has 6 nitrogen and oxygen atoms in total. The topological polar surface area (TPSA) is 84.2 Å². The molecule has 8 heteroatoms. The second-order valence-electron chi connectivity index (χ2n) is 4.22. The zero-order chi connectivity index (χ0) is 15.4. The van der Waals surface area contributed by atoms with Crippen molar-refractivity contribution in [2.45, 2.75) is 13.3 Å². The van der Waals surface area contributed by atoms with Crippen LogP contribution in [0.4, 0.5) is 11.5 Å². The van der Waals surface area contributed by atoms with Crippen molar-refractivity contribution in [3.63, 3.8) is 0 Å². The number of nitrogens with one attached hydrogen (secondary N) is 2. The number of amides is 2. The standard InChI is InChI=1S/C13H11Cl2N3O3/c1-7-4-11(18-21-7)17-13(20)6-12(19)16-10-5-8(14)2-3-9(10)15/h2-5H,6H2,1H3,(H,16,19)(H,17,18,20). The number of nitrogens with zero attached hydrogens (tertiary/aromatic N) is 1. The number of aryl methyl sites for hydroxylation is 1. The van der Waals surface area contributed by atoms with Crippen LogP contribution >= 0.6 is 23.2 Å². The summed E-state index contributed by atoms with van der Waals surface area (Å²) in [5.41, 5.74) is 0.347. The maximum Gasteiger partial charge on any atom is 0.235 e. The fraction of sp³-hybridized carbons (Fsp3) is 0.154. The third-order valence-corrected chi connectivity index (χ3v) is 2.98. The van der Waals surface area contributed by atoms with Crippen LogP contribution in [0.3, 0.4) is 0 Å². The lowest BCUT2D eigenvalue weighted by atomic mass is 10.3. The Kier molecular flexibility index (Phi) is 4.82. The highest BCUT2D eigenvalue weighted by Crippen LogP contribution is 2.25. The van der Waals surface area contributed by atoms with E-state index in [2.05, 4.69) is 15.8 Å². The van der Waals surface area contributed by atoms with Gasteiger partial charge in [0.1, 0.15) is 12.2 Å². The van der Waals surface area contributed by atoms with Gasteiger partial charge in [-0.1, -0.05) is 28.4 Å². The quantitative estimate of drug-likeness (QED) is 0.844. The van der Waals surface area contributed by atoms with Crippen molar-refractivity contribution >= 4 is 46.5 Å². The van der Waals surface area contributed by atoms with Gasteiger partial charge >= 0.3 is 0 Å². The van der Waals surface area contributed by atoms with Crippen molar-refractivity contribution in [3.05, 3.63) is 40.1 Å². The predicted molar refractivity (Wildman–Crippen MR) is 79.6 cm³/mol. The summed E-state index contributed by atoms with van der Waals surface area (Å²) < 4.78 is 4.80. The maximum atomic E-state index is 11.8. The molecule has 0 spiro atoms. The van der Waals surface area contributed by atoms with Crippen molar-refractivity contribution in [1.82, 2.24) is 5.16 Å². The maximum absolute atomic E-state index is 11.8. The first-order valence-electron chi connectivity index (χ1n) is 5.92. The highest BCUT2D eigenvalue weighted by molar-refractivity contribution is 6.35. The minimum Gasteiger partial charge on any atom is -0.360 e. The fourth-order valence-corrected chi connectivity index (χ4v) is 1.88. The Hall–Kier alpha value is -2.05. The molecule has 21 heavy (non-hydrogen) atoms. The summed E-state index contributed by atoms with van der Waals surface area (Å²) in [6, 6.07) is 6.20. The molecule has 1 heterocycles. The van der Waals surface area contributed by atoms with Crippen LogP contribution in [0.15, 0.2) is 28.8 Å². The highest BCUT2D eigenvalue weighted by Gasteiger charge is 2.13. The molecule has 110 valence electrons. The van der Waals surface area contributed by atoms with Crippen LogP contribution in [-0.2, 0) is 9.59 Å². The van der Waals surface area contributed by atoms with Gasteiger partial charge < -0.3 is 15.2 Å². The van der Waals surface area contributed by atoms with Gasteiger partial charge in [0, 0.05) is 11.1 Å². The van der Waals surface area contributed by atoms with Crippen LogP contribution in [-0.4, -0.2) is 17.0 Å². The monoisotopic (exact) mass is 327 g/mol. The number of hydrogen-bond donors (Lipinski definition) is 2. The van der Waals surface area contributed by atoms with Gasteiger partial charge in [-0.25, -0.2) is 0 Å². The minimum atomic E-state index is -0.517. The van der Waals surface area contributed by atoms with Crippen LogP contribution in [0.25, 0.3) is 0 Å². The number of hydrogen-bond acceptors (Lipinski definition) is 4. The van der Waals surface area contributed by atoms with E-state index < -0.39 is 11.8 Å². The first-order valence-corrected chi connectivity index (χ1v) is 6.67. The number of aromatic nitrogens is 1. The summed E-state index contributed by atoms with van der Waals surface area (Å²) in [5.74, 6) is -0.220. The molecule has 0 bridgehead atoms. The van der Waals surface area contributed by atoms with E-state index in [-0.39, 0.29) is 12.2 Å². The van der Waals surface area contributed by atoms with Crippen molar-refractivity contribution in [1.29, 1.82) is 0 Å². The molecule has 0 unspecified atom stereocenters. The second-order valence-corrected chi connectivity index (χ2v) is 5.06. The van der Waals surface area contributed by atoms with Crippen molar-refractivity contribution in [2.75, 3.05) is 10.6 Å². The number of carbonyl (C=O) groups is 2. The van der Waals surface area contributed by atoms with Gasteiger partial charge in [0.05, 0.1) is 10.7 Å². The lowest BCUT2D eigenvalue weighted by Crippen LogP contribution is -2.21. The van der Waals surface area contributed by atoms with Crippen LogP contribution in [0.5, 0.6) is 0 Å². The van der Waals surface area contributed by atoms with Crippen molar-refractivity contribution in [2.24, 2.45) is 0 Å². The lowest BCUT2D eigenvalue weighted by Gasteiger charge is -2.07. The van der Waals surface area contributed by atoms with E-state index in [9.17, 15) is 9.59 Å². The number of rotatable bonds is 4. The average Bonchev–Trinajstić information content (AvgIpc) is 2.79. The number of halogens is 2. The van der Waals surface area contributed by atoms with Crippen LogP contribution in [0.2, 0.25) is 10.0 Å². The lowest BCUT2D eigenvalue weighted by molar-refractivity contribution is -0.123. The van der Waals surface area contributed by atoms with Crippen LogP contribution < -0.4 is 10.6 Å². The van der Waals surface area contributed by atoms with E-state index in [1.165, 1.54) is 6.07 Å². The molecular formula is C13H11Cl2N3O3. The molecule has 0 saturated heterocycles. The number of benzene rings is 1. The first-order chi connectivity index (χ1) is 9.94. The van der Waals surface area contributed by atoms with Crippen molar-refractivity contribution < 1.29 is 14.1 Å². The SMILES string of the molecule is Cc1cc(NC(=O)CC(=O)Nc2cc(Cl)ccc2Cl)no1. The molecule has 0 radical (unpaired) electrons. The van der Waals surface area contributed by atoms with Crippen LogP contribution in [0, 0.1) is 6.92 Å². The molecule has 2 rings (SSSR count). The van der Waals surface area contributed by atoms with E-state index in [4.69, 9.17) is 27.7 Å². The van der Waals surface area contributed by atoms with Gasteiger partial charge in [0.15, 0.2) is 5.82 Å². The summed E-state index contributed by atoms with van der Waals surface area (Å²) in [4.78, 5) is 23.4. The normalized spacial score (nSPS) is 10.2. The van der Waals surface area contributed by atoms with Gasteiger partial charge in [-0.15, -0.1) is 0 Å². The van der Waals surface area contributed by atoms with Gasteiger partial charge in [0.25, 0.3) is 0 Å². The molecule has 0 aliphatic carbocycles. The largest absolute Gasteiger partial charge is 0.360 e. The average molecular weight is 328 g/mol. The van der Waals surface area contributed by atoms with Gasteiger partial charge in [-0.2, -0.15) is 0 Å². The van der Waals surface area contributed by atoms with E-state index in [1.807, 2.05) is 0 Å². The van der Waals surface area contributed by atoms with Gasteiger partial charge in [-0.05, 0) is 25.1 Å². The fourth-order valence-electron chi connectivity index (χ4n) is 1.55. The summed E-state index contributed by atoms with van der Waals surface area (Å²) in [6.45, 7) is 1.69. The summed E-state index contributed by atoms with van der Waals surface area (Å²) >= 11 is 11.7. The van der Waals surface area contributed by atoms with E-state index >= 15 is 0 Å². The number of carbonyl (C=O) groups excluding carboxylic acids is 2. The predicted octanol–water partition coefficient (Wildman–Crippen LogP) is 3.26. The van der Waals surface area contributed by atoms with Gasteiger partial charge in [0.2, 0.25) is 11.8 Å². The molecule has 1 aromatic heterocycles. The molecule has 2 amide bonds. The smallest absolute Gasteiger partial charge is 0.235 e. The second kappa shape index (κ2) is 6.60. The number of anilines is 2. The molecule has 0 fully saturated rings. The van der Waals surface area contributed by atoms with Gasteiger partial charge in [-0.3, -0.25) is 9.59 Å². The molecular weight excluding hydrogens is 317 g/mol. The Labute approximate surface area is 130 Å². The zero-order valence-corrected chi connectivity index (χ0v) is 12.5. The summed E-state index contributed by atoms with van der Waals surface area (Å²) in [5, 5.41) is 9.31. The molecule has 1 aromatic carbocycles. The van der Waals surface area contributed by atoms with E-state index in [0.29, 0.717) is 21.5 Å². The molecule has 0 atom stereocenters. The molecule has 0 aliphatic heterocycles. The summed E-state index contributed by atoms with van der Waals surface area (Å²) in [6.07, 6.45) is -0.380. The minimum absolute atomic E-state index is 0.256. The Morgan fingerprint density at radius 3 is 2.57 bits per heavy atom. The zero-order valence-electron chi connectivity index (χ0n) is 10.9. The molecule has 0 aliphatic rings. The molecule has 2 N–H and O–H groups in total. The Balaban J connectivity index is 1.92. The molecule has 0 saturated carbocycles. The third-order valence-electron chi connectivity index (χ3n) is 2.42.